The van der Waals surface area contributed by atoms with Gasteiger partial charge in [0, 0.05) is 42.2 Å². The van der Waals surface area contributed by atoms with Gasteiger partial charge in [-0.3, -0.25) is 9.69 Å². The molecule has 1 atom stereocenters. The van der Waals surface area contributed by atoms with Gasteiger partial charge in [0.2, 0.25) is 5.91 Å². The van der Waals surface area contributed by atoms with Gasteiger partial charge in [0.05, 0.1) is 35.1 Å². The van der Waals surface area contributed by atoms with Crippen molar-refractivity contribution in [3.63, 3.8) is 0 Å². The van der Waals surface area contributed by atoms with E-state index in [4.69, 9.17) is 39.5 Å². The van der Waals surface area contributed by atoms with Crippen molar-refractivity contribution in [2.75, 3.05) is 25.1 Å². The highest BCUT2D eigenvalue weighted by atomic mass is 35.5. The molecule has 2 aliphatic heterocycles. The number of likely N-dealkylation sites (tertiary alicyclic amines) is 1. The van der Waals surface area contributed by atoms with Gasteiger partial charge >= 0.3 is 6.03 Å². The Kier molecular flexibility index (Phi) is 9.27. The number of fused-ring (bicyclic) bond motifs is 1. The summed E-state index contributed by atoms with van der Waals surface area (Å²) >= 11 is 20.5. The summed E-state index contributed by atoms with van der Waals surface area (Å²) in [5.74, 6) is 1.04. The molecule has 6 rings (SSSR count). The van der Waals surface area contributed by atoms with Gasteiger partial charge in [-0.15, -0.1) is 0 Å². The van der Waals surface area contributed by atoms with Crippen LogP contribution in [0.3, 0.4) is 0 Å². The van der Waals surface area contributed by atoms with E-state index in [9.17, 15) is 9.59 Å². The van der Waals surface area contributed by atoms with E-state index < -0.39 is 0 Å². The summed E-state index contributed by atoms with van der Waals surface area (Å²) in [4.78, 5) is 32.7. The van der Waals surface area contributed by atoms with Crippen LogP contribution in [0.2, 0.25) is 15.1 Å². The topological polar surface area (TPSA) is 53.1 Å². The maximum Gasteiger partial charge on any atom is 0.329 e. The number of methoxy groups -OCH3 is 1. The Morgan fingerprint density at radius 1 is 0.822 bits per heavy atom. The quantitative estimate of drug-likeness (QED) is 0.198. The molecule has 2 heterocycles. The van der Waals surface area contributed by atoms with Crippen LogP contribution in [-0.4, -0.2) is 41.9 Å². The summed E-state index contributed by atoms with van der Waals surface area (Å²) in [7, 11) is 1.63. The highest BCUT2D eigenvalue weighted by molar-refractivity contribution is 6.40. The molecule has 1 unspecified atom stereocenters. The van der Waals surface area contributed by atoms with Gasteiger partial charge in [0.25, 0.3) is 0 Å². The lowest BCUT2D eigenvalue weighted by atomic mass is 9.86. The first kappa shape index (κ1) is 31.3. The third-order valence-electron chi connectivity index (χ3n) is 8.82. The fraction of sp³-hybridized carbons (Fsp3) is 0.278. The number of halogens is 3. The molecule has 1 fully saturated rings. The molecular formula is C36H34Cl3N3O3. The van der Waals surface area contributed by atoms with Gasteiger partial charge in [0.15, 0.2) is 0 Å². The molecule has 4 aromatic rings. The first-order valence-corrected chi connectivity index (χ1v) is 16.3. The van der Waals surface area contributed by atoms with E-state index in [1.54, 1.807) is 35.1 Å². The maximum absolute atomic E-state index is 14.5. The second-order valence-electron chi connectivity index (χ2n) is 11.4. The highest BCUT2D eigenvalue weighted by Gasteiger charge is 2.37. The number of para-hydroxylation sites is 1. The lowest BCUT2D eigenvalue weighted by molar-refractivity contribution is -0.130. The third kappa shape index (κ3) is 6.24. The summed E-state index contributed by atoms with van der Waals surface area (Å²) in [6, 6.07) is 24.8. The number of anilines is 2. The standard InChI is InChI=1S/C36H34Cl3N3O3/c1-3-40-18-17-24(13-16-34(40)43)25-19-28(27-7-4-5-8-30(27)37)29-22-41(21-23-11-14-26(45-2)15-12-23)36(44)42(33(29)20-25)35-31(38)9-6-10-32(35)39/h4-12,14-15,19-20,24H,3,13,16-18,21-22H2,1-2H3. The van der Waals surface area contributed by atoms with Crippen molar-refractivity contribution in [2.24, 2.45) is 0 Å². The molecule has 232 valence electrons. The zero-order valence-corrected chi connectivity index (χ0v) is 27.5. The summed E-state index contributed by atoms with van der Waals surface area (Å²) in [5, 5.41) is 1.36. The fourth-order valence-electron chi connectivity index (χ4n) is 6.40. The molecule has 2 aliphatic rings. The second-order valence-corrected chi connectivity index (χ2v) is 12.7. The minimum absolute atomic E-state index is 0.119. The molecule has 0 aliphatic carbocycles. The lowest BCUT2D eigenvalue weighted by Crippen LogP contribution is -2.44. The first-order valence-electron chi connectivity index (χ1n) is 15.1. The molecule has 0 aromatic heterocycles. The largest absolute Gasteiger partial charge is 0.497 e. The predicted molar refractivity (Wildman–Crippen MR) is 182 cm³/mol. The molecule has 0 saturated carbocycles. The number of benzene rings is 4. The van der Waals surface area contributed by atoms with Crippen molar-refractivity contribution >= 4 is 58.1 Å². The lowest BCUT2D eigenvalue weighted by Gasteiger charge is -2.39. The minimum atomic E-state index is -0.233. The van der Waals surface area contributed by atoms with Crippen molar-refractivity contribution in [3.05, 3.63) is 111 Å². The van der Waals surface area contributed by atoms with E-state index in [1.165, 1.54) is 0 Å². The van der Waals surface area contributed by atoms with Crippen LogP contribution < -0.4 is 9.64 Å². The van der Waals surface area contributed by atoms with Crippen LogP contribution in [-0.2, 0) is 17.9 Å². The Morgan fingerprint density at radius 3 is 2.22 bits per heavy atom. The van der Waals surface area contributed by atoms with Crippen LogP contribution in [0.15, 0.2) is 78.9 Å². The molecular weight excluding hydrogens is 629 g/mol. The van der Waals surface area contributed by atoms with E-state index in [0.29, 0.717) is 53.4 Å². The number of rotatable bonds is 7. The molecule has 0 N–H and O–H groups in total. The summed E-state index contributed by atoms with van der Waals surface area (Å²) in [5.41, 5.74) is 5.92. The SMILES string of the molecule is CCN1CCC(c2cc(-c3ccccc3Cl)c3c(c2)N(c2c(Cl)cccc2Cl)C(=O)N(Cc2ccc(OC)cc2)C3)CCC1=O. The molecule has 3 amide bonds. The number of carbonyl (C=O) groups is 2. The average molecular weight is 663 g/mol. The van der Waals surface area contributed by atoms with Crippen LogP contribution >= 0.6 is 34.8 Å². The van der Waals surface area contributed by atoms with E-state index in [0.717, 1.165) is 52.1 Å². The van der Waals surface area contributed by atoms with Gasteiger partial charge in [-0.05, 0) is 78.8 Å². The van der Waals surface area contributed by atoms with Gasteiger partial charge in [-0.2, -0.15) is 0 Å². The summed E-state index contributed by atoms with van der Waals surface area (Å²) in [6.45, 7) is 4.11. The Balaban J connectivity index is 1.54. The Morgan fingerprint density at radius 2 is 1.53 bits per heavy atom. The zero-order valence-electron chi connectivity index (χ0n) is 25.2. The van der Waals surface area contributed by atoms with E-state index >= 15 is 0 Å². The summed E-state index contributed by atoms with van der Waals surface area (Å²) in [6.07, 6.45) is 2.02. The molecule has 9 heteroatoms. The van der Waals surface area contributed by atoms with E-state index in [1.807, 2.05) is 60.4 Å². The van der Waals surface area contributed by atoms with Crippen LogP contribution in [0, 0.1) is 0 Å². The van der Waals surface area contributed by atoms with Gasteiger partial charge in [-0.1, -0.05) is 77.3 Å². The Bertz CT molecular complexity index is 1720. The van der Waals surface area contributed by atoms with Crippen molar-refractivity contribution < 1.29 is 14.3 Å². The van der Waals surface area contributed by atoms with Crippen LogP contribution in [0.1, 0.15) is 48.8 Å². The summed E-state index contributed by atoms with van der Waals surface area (Å²) < 4.78 is 5.34. The molecule has 0 spiro atoms. The van der Waals surface area contributed by atoms with E-state index in [-0.39, 0.29) is 17.9 Å². The smallest absolute Gasteiger partial charge is 0.329 e. The predicted octanol–water partition coefficient (Wildman–Crippen LogP) is 9.71. The highest BCUT2D eigenvalue weighted by Crippen LogP contribution is 2.48. The van der Waals surface area contributed by atoms with Crippen molar-refractivity contribution in [2.45, 2.75) is 45.2 Å². The molecule has 0 bridgehead atoms. The Labute approximate surface area is 279 Å². The molecule has 1 saturated heterocycles. The fourth-order valence-corrected chi connectivity index (χ4v) is 7.20. The van der Waals surface area contributed by atoms with Gasteiger partial charge in [-0.25, -0.2) is 4.79 Å². The van der Waals surface area contributed by atoms with Gasteiger partial charge < -0.3 is 14.5 Å². The normalized spacial score (nSPS) is 16.9. The van der Waals surface area contributed by atoms with Crippen LogP contribution in [0.5, 0.6) is 5.75 Å². The third-order valence-corrected chi connectivity index (χ3v) is 9.76. The van der Waals surface area contributed by atoms with Crippen molar-refractivity contribution in [1.82, 2.24) is 9.80 Å². The van der Waals surface area contributed by atoms with Gasteiger partial charge in [0.1, 0.15) is 5.75 Å². The first-order chi connectivity index (χ1) is 21.8. The Hall–Kier alpha value is -3.71. The minimum Gasteiger partial charge on any atom is -0.497 e. The zero-order chi connectivity index (χ0) is 31.7. The van der Waals surface area contributed by atoms with Crippen LogP contribution in [0.4, 0.5) is 16.2 Å². The second kappa shape index (κ2) is 13.3. The number of ether oxygens (including phenoxy) is 1. The number of hydrogen-bond acceptors (Lipinski definition) is 3. The van der Waals surface area contributed by atoms with E-state index in [2.05, 4.69) is 12.1 Å². The number of urea groups is 1. The molecule has 4 aromatic carbocycles. The van der Waals surface area contributed by atoms with Crippen molar-refractivity contribution in [1.29, 1.82) is 0 Å². The average Bonchev–Trinajstić information content (AvgIpc) is 3.23. The maximum atomic E-state index is 14.5. The molecule has 0 radical (unpaired) electrons. The monoisotopic (exact) mass is 661 g/mol. The number of nitrogens with zero attached hydrogens (tertiary/aromatic N) is 3. The number of hydrogen-bond donors (Lipinski definition) is 0. The molecule has 6 nitrogen and oxygen atoms in total. The molecule has 45 heavy (non-hydrogen) atoms. The number of carbonyl (C=O) groups excluding carboxylic acids is 2. The van der Waals surface area contributed by atoms with Crippen molar-refractivity contribution in [3.8, 4) is 16.9 Å². The number of amides is 3. The van der Waals surface area contributed by atoms with Crippen LogP contribution in [0.25, 0.3) is 11.1 Å².